The first-order valence-electron chi connectivity index (χ1n) is 3.45. The zero-order valence-electron chi connectivity index (χ0n) is 6.66. The molecular weight excluding hydrogens is 156 g/mol. The summed E-state index contributed by atoms with van der Waals surface area (Å²) in [5, 5.41) is 8.53. The molecule has 1 amide bonds. The first kappa shape index (κ1) is 8.55. The van der Waals surface area contributed by atoms with Gasteiger partial charge in [-0.3, -0.25) is 15.5 Å². The van der Waals surface area contributed by atoms with Crippen LogP contribution in [0.3, 0.4) is 0 Å². The zero-order chi connectivity index (χ0) is 9.14. The lowest BCUT2D eigenvalue weighted by Gasteiger charge is -2.03. The topological polar surface area (TPSA) is 75.3 Å². The first-order valence-corrected chi connectivity index (χ1v) is 3.45. The van der Waals surface area contributed by atoms with Crippen molar-refractivity contribution in [2.45, 2.75) is 6.92 Å². The molecule has 12 heavy (non-hydrogen) atoms. The maximum absolute atomic E-state index is 10.8. The molecule has 4 heteroatoms. The van der Waals surface area contributed by atoms with Crippen LogP contribution in [0.4, 0.5) is 5.69 Å². The Hall–Kier alpha value is -1.55. The van der Waals surface area contributed by atoms with Gasteiger partial charge in [-0.05, 0) is 30.7 Å². The van der Waals surface area contributed by atoms with Gasteiger partial charge < -0.3 is 5.73 Å². The number of hydrogen-bond donors (Lipinski definition) is 3. The monoisotopic (exact) mass is 166 g/mol. The normalized spacial score (nSPS) is 9.50. The van der Waals surface area contributed by atoms with E-state index in [9.17, 15) is 4.79 Å². The number of hydrogen-bond acceptors (Lipinski definition) is 3. The van der Waals surface area contributed by atoms with Crippen LogP contribution in [0.2, 0.25) is 0 Å². The van der Waals surface area contributed by atoms with Crippen molar-refractivity contribution in [3.63, 3.8) is 0 Å². The van der Waals surface area contributed by atoms with E-state index >= 15 is 0 Å². The van der Waals surface area contributed by atoms with Gasteiger partial charge in [0, 0.05) is 5.56 Å². The summed E-state index contributed by atoms with van der Waals surface area (Å²) in [5.41, 5.74) is 8.81. The molecule has 0 radical (unpaired) electrons. The lowest BCUT2D eigenvalue weighted by Crippen LogP contribution is -2.12. The van der Waals surface area contributed by atoms with Crippen LogP contribution in [0, 0.1) is 6.92 Å². The third kappa shape index (κ3) is 1.54. The molecule has 0 unspecified atom stereocenters. The van der Waals surface area contributed by atoms with E-state index in [1.54, 1.807) is 25.1 Å². The van der Waals surface area contributed by atoms with Crippen LogP contribution in [-0.2, 0) is 0 Å². The lowest BCUT2D eigenvalue weighted by atomic mass is 10.1. The van der Waals surface area contributed by atoms with Crippen LogP contribution in [0.25, 0.3) is 0 Å². The van der Waals surface area contributed by atoms with Gasteiger partial charge in [0.15, 0.2) is 0 Å². The molecule has 0 bridgehead atoms. The predicted molar refractivity (Wildman–Crippen MR) is 45.1 cm³/mol. The number of carbonyl (C=O) groups is 1. The number of benzene rings is 1. The smallest absolute Gasteiger partial charge is 0.248 e. The van der Waals surface area contributed by atoms with E-state index in [2.05, 4.69) is 0 Å². The second kappa shape index (κ2) is 3.23. The van der Waals surface area contributed by atoms with E-state index in [0.29, 0.717) is 11.3 Å². The van der Waals surface area contributed by atoms with Crippen LogP contribution < -0.4 is 11.2 Å². The highest BCUT2D eigenvalue weighted by atomic mass is 16.5. The largest absolute Gasteiger partial charge is 0.366 e. The summed E-state index contributed by atoms with van der Waals surface area (Å²) in [6.07, 6.45) is 0. The zero-order valence-corrected chi connectivity index (χ0v) is 6.66. The number of rotatable bonds is 2. The Morgan fingerprint density at radius 1 is 1.58 bits per heavy atom. The number of nitrogens with two attached hydrogens (primary N) is 1. The van der Waals surface area contributed by atoms with E-state index in [1.165, 1.54) is 0 Å². The predicted octanol–water partition coefficient (Wildman–Crippen LogP) is 0.895. The molecule has 0 atom stereocenters. The molecule has 1 aromatic rings. The summed E-state index contributed by atoms with van der Waals surface area (Å²) < 4.78 is 0. The fourth-order valence-electron chi connectivity index (χ4n) is 1.01. The molecule has 0 aromatic heterocycles. The van der Waals surface area contributed by atoms with Crippen molar-refractivity contribution in [2.24, 2.45) is 5.73 Å². The number of nitrogens with one attached hydrogen (secondary N) is 1. The summed E-state index contributed by atoms with van der Waals surface area (Å²) in [4.78, 5) is 10.8. The Kier molecular flexibility index (Phi) is 2.30. The minimum Gasteiger partial charge on any atom is -0.366 e. The quantitative estimate of drug-likeness (QED) is 0.571. The van der Waals surface area contributed by atoms with Crippen LogP contribution >= 0.6 is 0 Å². The van der Waals surface area contributed by atoms with Crippen molar-refractivity contribution in [2.75, 3.05) is 5.48 Å². The fourth-order valence-corrected chi connectivity index (χ4v) is 1.01. The Balaban J connectivity index is 3.12. The van der Waals surface area contributed by atoms with E-state index in [0.717, 1.165) is 5.56 Å². The number of aryl methyl sites for hydroxylation is 1. The Bertz CT molecular complexity index is 310. The number of carbonyl (C=O) groups excluding carboxylic acids is 1. The first-order chi connectivity index (χ1) is 5.65. The van der Waals surface area contributed by atoms with Crippen molar-refractivity contribution in [1.82, 2.24) is 0 Å². The summed E-state index contributed by atoms with van der Waals surface area (Å²) in [6.45, 7) is 1.75. The van der Waals surface area contributed by atoms with Crippen LogP contribution in [0.5, 0.6) is 0 Å². The molecule has 0 aliphatic carbocycles. The van der Waals surface area contributed by atoms with Gasteiger partial charge in [0.25, 0.3) is 0 Å². The van der Waals surface area contributed by atoms with E-state index < -0.39 is 5.91 Å². The van der Waals surface area contributed by atoms with Crippen molar-refractivity contribution < 1.29 is 10.0 Å². The molecule has 64 valence electrons. The molecule has 0 saturated carbocycles. The highest BCUT2D eigenvalue weighted by Gasteiger charge is 2.03. The highest BCUT2D eigenvalue weighted by Crippen LogP contribution is 2.13. The maximum atomic E-state index is 10.8. The second-order valence-corrected chi connectivity index (χ2v) is 2.51. The van der Waals surface area contributed by atoms with Gasteiger partial charge in [-0.15, -0.1) is 0 Å². The van der Waals surface area contributed by atoms with Crippen LogP contribution in [-0.4, -0.2) is 11.1 Å². The van der Waals surface area contributed by atoms with Gasteiger partial charge in [0.05, 0.1) is 5.69 Å². The van der Waals surface area contributed by atoms with Gasteiger partial charge >= 0.3 is 0 Å². The highest BCUT2D eigenvalue weighted by molar-refractivity contribution is 5.94. The summed E-state index contributed by atoms with van der Waals surface area (Å²) >= 11 is 0. The molecule has 0 spiro atoms. The maximum Gasteiger partial charge on any atom is 0.248 e. The Morgan fingerprint density at radius 3 is 2.67 bits per heavy atom. The molecule has 0 aliphatic heterocycles. The molecule has 0 aliphatic rings. The van der Waals surface area contributed by atoms with Crippen molar-refractivity contribution in [1.29, 1.82) is 0 Å². The summed E-state index contributed by atoms with van der Waals surface area (Å²) in [5.74, 6) is -0.461. The van der Waals surface area contributed by atoms with Crippen molar-refractivity contribution in [3.8, 4) is 0 Å². The molecule has 1 rings (SSSR count). The molecule has 4 nitrogen and oxygen atoms in total. The SMILES string of the molecule is Cc1cc(NO)ccc1C(N)=O. The van der Waals surface area contributed by atoms with Gasteiger partial charge in [0.1, 0.15) is 0 Å². The average Bonchev–Trinajstić information content (AvgIpc) is 2.03. The Morgan fingerprint density at radius 2 is 2.25 bits per heavy atom. The fraction of sp³-hybridized carbons (Fsp3) is 0.125. The third-order valence-electron chi connectivity index (χ3n) is 1.62. The van der Waals surface area contributed by atoms with Crippen molar-refractivity contribution in [3.05, 3.63) is 29.3 Å². The van der Waals surface area contributed by atoms with Crippen molar-refractivity contribution >= 4 is 11.6 Å². The molecule has 0 heterocycles. The van der Waals surface area contributed by atoms with Gasteiger partial charge in [-0.2, -0.15) is 0 Å². The van der Waals surface area contributed by atoms with E-state index in [-0.39, 0.29) is 0 Å². The number of amides is 1. The average molecular weight is 166 g/mol. The van der Waals surface area contributed by atoms with Crippen LogP contribution in [0.1, 0.15) is 15.9 Å². The molecule has 0 saturated heterocycles. The standard InChI is InChI=1S/C8H10N2O2/c1-5-4-6(10-12)2-3-7(5)8(9)11/h2-4,10,12H,1H3,(H2,9,11). The minimum atomic E-state index is -0.461. The second-order valence-electron chi connectivity index (χ2n) is 2.51. The van der Waals surface area contributed by atoms with E-state index in [1.807, 2.05) is 5.48 Å². The summed E-state index contributed by atoms with van der Waals surface area (Å²) in [6, 6.07) is 4.78. The summed E-state index contributed by atoms with van der Waals surface area (Å²) in [7, 11) is 0. The van der Waals surface area contributed by atoms with Gasteiger partial charge in [0.2, 0.25) is 5.91 Å². The molecule has 0 fully saturated rings. The molecule has 1 aromatic carbocycles. The van der Waals surface area contributed by atoms with Crippen LogP contribution in [0.15, 0.2) is 18.2 Å². The number of primary amides is 1. The minimum absolute atomic E-state index is 0.461. The van der Waals surface area contributed by atoms with E-state index in [4.69, 9.17) is 10.9 Å². The third-order valence-corrected chi connectivity index (χ3v) is 1.62. The lowest BCUT2D eigenvalue weighted by molar-refractivity contribution is 0.0999. The Labute approximate surface area is 70.0 Å². The van der Waals surface area contributed by atoms with Gasteiger partial charge in [-0.1, -0.05) is 0 Å². The molecule has 4 N–H and O–H groups in total. The van der Waals surface area contributed by atoms with Gasteiger partial charge in [-0.25, -0.2) is 0 Å². The number of anilines is 1. The molecular formula is C8H10N2O2.